The molecule has 1 amide bonds. The molecule has 0 aliphatic rings. The van der Waals surface area contributed by atoms with Crippen LogP contribution >= 0.6 is 0 Å². The van der Waals surface area contributed by atoms with Gasteiger partial charge < -0.3 is 15.2 Å². The molecular formula is C14H21NO3. The van der Waals surface area contributed by atoms with Gasteiger partial charge in [-0.3, -0.25) is 4.79 Å². The summed E-state index contributed by atoms with van der Waals surface area (Å²) < 4.78 is 5.31. The third-order valence-electron chi connectivity index (χ3n) is 2.61. The summed E-state index contributed by atoms with van der Waals surface area (Å²) in [6, 6.07) is 9.74. The molecule has 1 unspecified atom stereocenters. The third-order valence-corrected chi connectivity index (χ3v) is 2.61. The fourth-order valence-corrected chi connectivity index (χ4v) is 1.50. The van der Waals surface area contributed by atoms with E-state index in [4.69, 9.17) is 9.84 Å². The molecule has 0 aliphatic heterocycles. The molecule has 0 heterocycles. The normalized spacial score (nSPS) is 12.1. The number of carbonyl (C=O) groups is 1. The monoisotopic (exact) mass is 251 g/mol. The van der Waals surface area contributed by atoms with Crippen molar-refractivity contribution in [3.63, 3.8) is 0 Å². The predicted molar refractivity (Wildman–Crippen MR) is 70.0 cm³/mol. The van der Waals surface area contributed by atoms with Crippen molar-refractivity contribution in [3.05, 3.63) is 35.9 Å². The first kappa shape index (κ1) is 14.7. The Hall–Kier alpha value is -1.39. The van der Waals surface area contributed by atoms with Gasteiger partial charge in [-0.2, -0.15) is 0 Å². The lowest BCUT2D eigenvalue weighted by molar-refractivity contribution is -0.126. The van der Waals surface area contributed by atoms with Gasteiger partial charge in [0.1, 0.15) is 6.61 Å². The molecule has 0 saturated carbocycles. The topological polar surface area (TPSA) is 58.6 Å². The summed E-state index contributed by atoms with van der Waals surface area (Å²) in [5, 5.41) is 11.5. The van der Waals surface area contributed by atoms with Crippen molar-refractivity contribution in [1.29, 1.82) is 0 Å². The first-order chi connectivity index (χ1) is 8.72. The Morgan fingerprint density at radius 3 is 2.78 bits per heavy atom. The first-order valence-corrected chi connectivity index (χ1v) is 6.21. The highest BCUT2D eigenvalue weighted by atomic mass is 16.5. The van der Waals surface area contributed by atoms with E-state index in [0.717, 1.165) is 5.56 Å². The number of aliphatic hydroxyl groups excluding tert-OH is 1. The smallest absolute Gasteiger partial charge is 0.246 e. The largest absolute Gasteiger partial charge is 0.396 e. The van der Waals surface area contributed by atoms with Gasteiger partial charge in [-0.1, -0.05) is 37.3 Å². The minimum absolute atomic E-state index is 0.0702. The fourth-order valence-electron chi connectivity index (χ4n) is 1.50. The Kier molecular flexibility index (Phi) is 7.06. The van der Waals surface area contributed by atoms with Gasteiger partial charge in [0.15, 0.2) is 0 Å². The van der Waals surface area contributed by atoms with Crippen LogP contribution < -0.4 is 5.32 Å². The Balaban J connectivity index is 2.10. The highest BCUT2D eigenvalue weighted by molar-refractivity contribution is 5.77. The molecule has 0 aromatic heterocycles. The minimum atomic E-state index is -0.115. The summed E-state index contributed by atoms with van der Waals surface area (Å²) in [7, 11) is 0. The molecule has 0 aliphatic carbocycles. The van der Waals surface area contributed by atoms with E-state index < -0.39 is 0 Å². The van der Waals surface area contributed by atoms with Crippen molar-refractivity contribution < 1.29 is 14.6 Å². The standard InChI is InChI=1S/C14H21NO3/c1-12(7-8-16)9-15-14(17)11-18-10-13-5-3-2-4-6-13/h2-6,12,16H,7-11H2,1H3,(H,15,17). The highest BCUT2D eigenvalue weighted by Gasteiger charge is 2.05. The summed E-state index contributed by atoms with van der Waals surface area (Å²) >= 11 is 0. The van der Waals surface area contributed by atoms with E-state index in [1.807, 2.05) is 37.3 Å². The van der Waals surface area contributed by atoms with Crippen LogP contribution in [0.2, 0.25) is 0 Å². The number of nitrogens with one attached hydrogen (secondary N) is 1. The van der Waals surface area contributed by atoms with Crippen molar-refractivity contribution in [2.45, 2.75) is 20.0 Å². The second-order valence-electron chi connectivity index (χ2n) is 4.40. The minimum Gasteiger partial charge on any atom is -0.396 e. The third kappa shape index (κ3) is 6.37. The van der Waals surface area contributed by atoms with Gasteiger partial charge in [-0.15, -0.1) is 0 Å². The molecule has 0 fully saturated rings. The van der Waals surface area contributed by atoms with Crippen LogP contribution in [0.15, 0.2) is 30.3 Å². The maximum Gasteiger partial charge on any atom is 0.246 e. The summed E-state index contributed by atoms with van der Waals surface area (Å²) in [4.78, 5) is 11.4. The van der Waals surface area contributed by atoms with Gasteiger partial charge in [0, 0.05) is 13.2 Å². The molecule has 0 radical (unpaired) electrons. The maximum atomic E-state index is 11.4. The number of benzene rings is 1. The van der Waals surface area contributed by atoms with Crippen molar-refractivity contribution in [1.82, 2.24) is 5.32 Å². The van der Waals surface area contributed by atoms with Crippen LogP contribution in [0.3, 0.4) is 0 Å². The zero-order valence-corrected chi connectivity index (χ0v) is 10.8. The van der Waals surface area contributed by atoms with E-state index >= 15 is 0 Å². The molecule has 0 spiro atoms. The Labute approximate surface area is 108 Å². The second kappa shape index (κ2) is 8.66. The Morgan fingerprint density at radius 2 is 2.11 bits per heavy atom. The number of rotatable bonds is 8. The van der Waals surface area contributed by atoms with Gasteiger partial charge in [0.2, 0.25) is 5.91 Å². The number of carbonyl (C=O) groups excluding carboxylic acids is 1. The molecule has 1 atom stereocenters. The van der Waals surface area contributed by atoms with E-state index in [1.54, 1.807) is 0 Å². The number of ether oxygens (including phenoxy) is 1. The van der Waals surface area contributed by atoms with Gasteiger partial charge in [0.25, 0.3) is 0 Å². The molecule has 1 aromatic carbocycles. The van der Waals surface area contributed by atoms with Crippen LogP contribution in [0.4, 0.5) is 0 Å². The van der Waals surface area contributed by atoms with E-state index in [9.17, 15) is 4.79 Å². The number of aliphatic hydroxyl groups is 1. The van der Waals surface area contributed by atoms with Crippen molar-refractivity contribution in [3.8, 4) is 0 Å². The van der Waals surface area contributed by atoms with Crippen LogP contribution in [-0.2, 0) is 16.1 Å². The van der Waals surface area contributed by atoms with Crippen LogP contribution in [0.1, 0.15) is 18.9 Å². The first-order valence-electron chi connectivity index (χ1n) is 6.21. The summed E-state index contributed by atoms with van der Waals surface area (Å²) in [6.07, 6.45) is 0.700. The van der Waals surface area contributed by atoms with Crippen molar-refractivity contribution in [2.75, 3.05) is 19.8 Å². The molecule has 2 N–H and O–H groups in total. The van der Waals surface area contributed by atoms with Gasteiger partial charge >= 0.3 is 0 Å². The Bertz CT molecular complexity index is 340. The van der Waals surface area contributed by atoms with E-state index in [0.29, 0.717) is 19.6 Å². The van der Waals surface area contributed by atoms with E-state index in [1.165, 1.54) is 0 Å². The van der Waals surface area contributed by atoms with Crippen molar-refractivity contribution >= 4 is 5.91 Å². The molecule has 100 valence electrons. The maximum absolute atomic E-state index is 11.4. The lowest BCUT2D eigenvalue weighted by Crippen LogP contribution is -2.31. The number of hydrogen-bond donors (Lipinski definition) is 2. The molecular weight excluding hydrogens is 230 g/mol. The molecule has 18 heavy (non-hydrogen) atoms. The van der Waals surface area contributed by atoms with Crippen LogP contribution in [0, 0.1) is 5.92 Å². The van der Waals surface area contributed by atoms with E-state index in [2.05, 4.69) is 5.32 Å². The summed E-state index contributed by atoms with van der Waals surface area (Å²) in [5.41, 5.74) is 1.05. The number of amides is 1. The molecule has 1 rings (SSSR count). The molecule has 4 heteroatoms. The molecule has 1 aromatic rings. The number of hydrogen-bond acceptors (Lipinski definition) is 3. The van der Waals surface area contributed by atoms with E-state index in [-0.39, 0.29) is 25.0 Å². The zero-order valence-electron chi connectivity index (χ0n) is 10.8. The summed E-state index contributed by atoms with van der Waals surface area (Å²) in [5.74, 6) is 0.170. The zero-order chi connectivity index (χ0) is 13.2. The lowest BCUT2D eigenvalue weighted by atomic mass is 10.1. The molecule has 0 saturated heterocycles. The van der Waals surface area contributed by atoms with Gasteiger partial charge in [-0.05, 0) is 17.9 Å². The quantitative estimate of drug-likeness (QED) is 0.733. The lowest BCUT2D eigenvalue weighted by Gasteiger charge is -2.11. The SMILES string of the molecule is CC(CCO)CNC(=O)COCc1ccccc1. The second-order valence-corrected chi connectivity index (χ2v) is 4.40. The van der Waals surface area contributed by atoms with Crippen LogP contribution in [0.5, 0.6) is 0 Å². The Morgan fingerprint density at radius 1 is 1.39 bits per heavy atom. The van der Waals surface area contributed by atoms with Gasteiger partial charge in [0.05, 0.1) is 6.61 Å². The van der Waals surface area contributed by atoms with Crippen molar-refractivity contribution in [2.24, 2.45) is 5.92 Å². The van der Waals surface area contributed by atoms with Crippen LogP contribution in [0.25, 0.3) is 0 Å². The molecule has 0 bridgehead atoms. The predicted octanol–water partition coefficient (Wildman–Crippen LogP) is 1.34. The molecule has 4 nitrogen and oxygen atoms in total. The summed E-state index contributed by atoms with van der Waals surface area (Å²) in [6.45, 7) is 3.23. The average molecular weight is 251 g/mol. The van der Waals surface area contributed by atoms with Crippen LogP contribution in [-0.4, -0.2) is 30.8 Å². The average Bonchev–Trinajstić information content (AvgIpc) is 2.38. The fraction of sp³-hybridized carbons (Fsp3) is 0.500. The highest BCUT2D eigenvalue weighted by Crippen LogP contribution is 2.00. The van der Waals surface area contributed by atoms with Gasteiger partial charge in [-0.25, -0.2) is 0 Å².